The van der Waals surface area contributed by atoms with E-state index in [0.717, 1.165) is 10.8 Å². The molecule has 92 valence electrons. The van der Waals surface area contributed by atoms with Crippen LogP contribution in [0.1, 0.15) is 6.42 Å². The van der Waals surface area contributed by atoms with Gasteiger partial charge in [-0.15, -0.1) is 0 Å². The number of fused-ring (bicyclic) bond motifs is 1. The number of ether oxygens (including phenoxy) is 1. The number of methoxy groups -OCH3 is 1. The van der Waals surface area contributed by atoms with Gasteiger partial charge >= 0.3 is 5.97 Å². The standard InChI is InChI=1S/C14H13NO3/c1-18-14(17)9-13(16)15-12-8-4-6-10-5-2-3-7-11(10)12/h2-8H,9H2,1H3,(H,15,16). The lowest BCUT2D eigenvalue weighted by Crippen LogP contribution is -2.17. The van der Waals surface area contributed by atoms with Crippen molar-refractivity contribution in [3.63, 3.8) is 0 Å². The summed E-state index contributed by atoms with van der Waals surface area (Å²) in [6.07, 6.45) is -0.278. The molecule has 0 aliphatic rings. The van der Waals surface area contributed by atoms with Crippen molar-refractivity contribution in [2.75, 3.05) is 12.4 Å². The van der Waals surface area contributed by atoms with Crippen molar-refractivity contribution in [1.29, 1.82) is 0 Å². The molecule has 0 fully saturated rings. The van der Waals surface area contributed by atoms with Gasteiger partial charge in [0, 0.05) is 11.1 Å². The Morgan fingerprint density at radius 1 is 1.11 bits per heavy atom. The summed E-state index contributed by atoms with van der Waals surface area (Å²) in [7, 11) is 1.26. The zero-order valence-electron chi connectivity index (χ0n) is 9.97. The number of amides is 1. The molecule has 4 nitrogen and oxygen atoms in total. The first-order valence-electron chi connectivity index (χ1n) is 5.55. The first-order chi connectivity index (χ1) is 8.70. The highest BCUT2D eigenvalue weighted by molar-refractivity contribution is 6.06. The summed E-state index contributed by atoms with van der Waals surface area (Å²) < 4.78 is 4.45. The van der Waals surface area contributed by atoms with E-state index in [0.29, 0.717) is 5.69 Å². The van der Waals surface area contributed by atoms with Crippen molar-refractivity contribution in [2.24, 2.45) is 0 Å². The number of benzene rings is 2. The minimum absolute atomic E-state index is 0.278. The molecular formula is C14H13NO3. The SMILES string of the molecule is COC(=O)CC(=O)Nc1cccc2ccccc12. The molecule has 1 N–H and O–H groups in total. The van der Waals surface area contributed by atoms with Crippen LogP contribution < -0.4 is 5.32 Å². The summed E-state index contributed by atoms with van der Waals surface area (Å²) in [5.74, 6) is -0.925. The van der Waals surface area contributed by atoms with Gasteiger partial charge in [0.05, 0.1) is 7.11 Å². The molecule has 0 bridgehead atoms. The molecule has 2 aromatic rings. The van der Waals surface area contributed by atoms with Gasteiger partial charge in [0.2, 0.25) is 5.91 Å². The van der Waals surface area contributed by atoms with Gasteiger partial charge < -0.3 is 10.1 Å². The summed E-state index contributed by atoms with van der Waals surface area (Å²) in [5, 5.41) is 4.69. The summed E-state index contributed by atoms with van der Waals surface area (Å²) in [6, 6.07) is 13.3. The summed E-state index contributed by atoms with van der Waals surface area (Å²) >= 11 is 0. The maximum absolute atomic E-state index is 11.6. The molecule has 0 aromatic heterocycles. The van der Waals surface area contributed by atoms with Crippen LogP contribution in [-0.4, -0.2) is 19.0 Å². The van der Waals surface area contributed by atoms with Crippen molar-refractivity contribution in [1.82, 2.24) is 0 Å². The van der Waals surface area contributed by atoms with Crippen LogP contribution in [0.2, 0.25) is 0 Å². The van der Waals surface area contributed by atoms with E-state index in [2.05, 4.69) is 10.1 Å². The Hall–Kier alpha value is -2.36. The van der Waals surface area contributed by atoms with E-state index in [1.165, 1.54) is 7.11 Å². The lowest BCUT2D eigenvalue weighted by atomic mass is 10.1. The molecule has 2 rings (SSSR count). The van der Waals surface area contributed by atoms with Gasteiger partial charge in [-0.05, 0) is 11.5 Å². The van der Waals surface area contributed by atoms with E-state index < -0.39 is 5.97 Å². The Kier molecular flexibility index (Phi) is 3.57. The summed E-state index contributed by atoms with van der Waals surface area (Å²) in [4.78, 5) is 22.6. The third kappa shape index (κ3) is 2.66. The Balaban J connectivity index is 2.21. The summed E-state index contributed by atoms with van der Waals surface area (Å²) in [6.45, 7) is 0. The predicted molar refractivity (Wildman–Crippen MR) is 69.2 cm³/mol. The van der Waals surface area contributed by atoms with Crippen molar-refractivity contribution in [3.05, 3.63) is 42.5 Å². The molecule has 2 aromatic carbocycles. The van der Waals surface area contributed by atoms with E-state index in [1.807, 2.05) is 36.4 Å². The van der Waals surface area contributed by atoms with Gasteiger partial charge in [0.25, 0.3) is 0 Å². The molecule has 0 saturated heterocycles. The fourth-order valence-electron chi connectivity index (χ4n) is 1.73. The second kappa shape index (κ2) is 5.31. The normalized spacial score (nSPS) is 10.1. The van der Waals surface area contributed by atoms with E-state index >= 15 is 0 Å². The molecule has 0 aliphatic carbocycles. The number of rotatable bonds is 3. The zero-order valence-corrected chi connectivity index (χ0v) is 9.97. The topological polar surface area (TPSA) is 55.4 Å². The van der Waals surface area contributed by atoms with Crippen LogP contribution in [0, 0.1) is 0 Å². The number of carbonyl (C=O) groups excluding carboxylic acids is 2. The van der Waals surface area contributed by atoms with Gasteiger partial charge in [0.15, 0.2) is 0 Å². The third-order valence-electron chi connectivity index (χ3n) is 2.60. The highest BCUT2D eigenvalue weighted by atomic mass is 16.5. The number of hydrogen-bond donors (Lipinski definition) is 1. The Bertz CT molecular complexity index is 587. The number of anilines is 1. The number of nitrogens with one attached hydrogen (secondary N) is 1. The lowest BCUT2D eigenvalue weighted by molar-refractivity contribution is -0.142. The number of esters is 1. The first-order valence-corrected chi connectivity index (χ1v) is 5.55. The molecule has 4 heteroatoms. The summed E-state index contributed by atoms with van der Waals surface area (Å²) in [5.41, 5.74) is 0.696. The van der Waals surface area contributed by atoms with Crippen molar-refractivity contribution >= 4 is 28.3 Å². The highest BCUT2D eigenvalue weighted by Gasteiger charge is 2.10. The monoisotopic (exact) mass is 243 g/mol. The van der Waals surface area contributed by atoms with Crippen LogP contribution in [0.25, 0.3) is 10.8 Å². The van der Waals surface area contributed by atoms with E-state index in [-0.39, 0.29) is 12.3 Å². The molecule has 0 atom stereocenters. The number of carbonyl (C=O) groups is 2. The van der Waals surface area contributed by atoms with Crippen LogP contribution in [0.15, 0.2) is 42.5 Å². The maximum atomic E-state index is 11.6. The van der Waals surface area contributed by atoms with E-state index in [1.54, 1.807) is 6.07 Å². The molecule has 0 heterocycles. The molecule has 0 radical (unpaired) electrons. The van der Waals surface area contributed by atoms with Crippen LogP contribution in [0.5, 0.6) is 0 Å². The van der Waals surface area contributed by atoms with Crippen LogP contribution in [0.3, 0.4) is 0 Å². The Labute approximate surface area is 105 Å². The average Bonchev–Trinajstić information content (AvgIpc) is 2.39. The smallest absolute Gasteiger partial charge is 0.315 e. The quantitative estimate of drug-likeness (QED) is 0.665. The second-order valence-electron chi connectivity index (χ2n) is 3.83. The van der Waals surface area contributed by atoms with Gasteiger partial charge in [-0.25, -0.2) is 0 Å². The van der Waals surface area contributed by atoms with Crippen LogP contribution in [-0.2, 0) is 14.3 Å². The van der Waals surface area contributed by atoms with E-state index in [9.17, 15) is 9.59 Å². The fourth-order valence-corrected chi connectivity index (χ4v) is 1.73. The molecule has 18 heavy (non-hydrogen) atoms. The highest BCUT2D eigenvalue weighted by Crippen LogP contribution is 2.22. The maximum Gasteiger partial charge on any atom is 0.315 e. The molecular weight excluding hydrogens is 230 g/mol. The van der Waals surface area contributed by atoms with Crippen molar-refractivity contribution < 1.29 is 14.3 Å². The minimum Gasteiger partial charge on any atom is -0.469 e. The van der Waals surface area contributed by atoms with Crippen LogP contribution in [0.4, 0.5) is 5.69 Å². The lowest BCUT2D eigenvalue weighted by Gasteiger charge is -2.08. The molecule has 0 unspecified atom stereocenters. The van der Waals surface area contributed by atoms with Crippen LogP contribution >= 0.6 is 0 Å². The second-order valence-corrected chi connectivity index (χ2v) is 3.83. The van der Waals surface area contributed by atoms with E-state index in [4.69, 9.17) is 0 Å². The fraction of sp³-hybridized carbons (Fsp3) is 0.143. The average molecular weight is 243 g/mol. The van der Waals surface area contributed by atoms with Gasteiger partial charge in [0.1, 0.15) is 6.42 Å². The predicted octanol–water partition coefficient (Wildman–Crippen LogP) is 2.34. The molecule has 0 spiro atoms. The third-order valence-corrected chi connectivity index (χ3v) is 2.60. The first kappa shape index (κ1) is 12.1. The zero-order chi connectivity index (χ0) is 13.0. The Morgan fingerprint density at radius 2 is 1.83 bits per heavy atom. The van der Waals surface area contributed by atoms with Gasteiger partial charge in [-0.2, -0.15) is 0 Å². The van der Waals surface area contributed by atoms with Crippen molar-refractivity contribution in [2.45, 2.75) is 6.42 Å². The largest absolute Gasteiger partial charge is 0.469 e. The molecule has 1 amide bonds. The molecule has 0 saturated carbocycles. The number of hydrogen-bond acceptors (Lipinski definition) is 3. The minimum atomic E-state index is -0.548. The Morgan fingerprint density at radius 3 is 2.61 bits per heavy atom. The van der Waals surface area contributed by atoms with Crippen molar-refractivity contribution in [3.8, 4) is 0 Å². The molecule has 0 aliphatic heterocycles. The van der Waals surface area contributed by atoms with Gasteiger partial charge in [-0.1, -0.05) is 36.4 Å². The van der Waals surface area contributed by atoms with Gasteiger partial charge in [-0.3, -0.25) is 9.59 Å².